The Balaban J connectivity index is 1.77. The van der Waals surface area contributed by atoms with Crippen molar-refractivity contribution < 1.29 is 4.74 Å². The Morgan fingerprint density at radius 3 is 2.91 bits per heavy atom. The molecule has 0 aliphatic carbocycles. The fourth-order valence-corrected chi connectivity index (χ4v) is 2.93. The summed E-state index contributed by atoms with van der Waals surface area (Å²) in [4.78, 5) is 2.67. The lowest BCUT2D eigenvalue weighted by Crippen LogP contribution is -2.44. The fraction of sp³-hybridized carbons (Fsp3) is 1.00. The van der Waals surface area contributed by atoms with Crippen molar-refractivity contribution >= 4 is 0 Å². The monoisotopic (exact) mass is 153 g/mol. The van der Waals surface area contributed by atoms with E-state index in [0.29, 0.717) is 5.41 Å². The van der Waals surface area contributed by atoms with Crippen LogP contribution in [0.1, 0.15) is 19.3 Å². The summed E-state index contributed by atoms with van der Waals surface area (Å²) in [5.74, 6) is 0. The van der Waals surface area contributed by atoms with Gasteiger partial charge in [0.2, 0.25) is 0 Å². The summed E-state index contributed by atoms with van der Waals surface area (Å²) >= 11 is 0. The molecule has 2 nitrogen and oxygen atoms in total. The minimum absolute atomic E-state index is 0.616. The predicted octanol–water partition coefficient (Wildman–Crippen LogP) is 0.871. The number of hydrogen-bond donors (Lipinski definition) is 0. The molecule has 0 saturated carbocycles. The lowest BCUT2D eigenvalue weighted by Gasteiger charge is -2.38. The Bertz CT molecular complexity index is 162. The molecule has 3 aliphatic heterocycles. The van der Waals surface area contributed by atoms with Crippen LogP contribution in [0.25, 0.3) is 0 Å². The van der Waals surface area contributed by atoms with Crippen LogP contribution >= 0.6 is 0 Å². The number of nitrogens with zero attached hydrogens (tertiary/aromatic N) is 1. The van der Waals surface area contributed by atoms with Gasteiger partial charge in [-0.3, -0.25) is 4.90 Å². The largest absolute Gasteiger partial charge is 0.380 e. The highest BCUT2D eigenvalue weighted by atomic mass is 16.5. The SMILES string of the molecule is C1CC2CC3(COC3)CN2C1. The minimum Gasteiger partial charge on any atom is -0.380 e. The van der Waals surface area contributed by atoms with Gasteiger partial charge in [0.1, 0.15) is 0 Å². The van der Waals surface area contributed by atoms with Gasteiger partial charge in [0.05, 0.1) is 13.2 Å². The maximum absolute atomic E-state index is 5.30. The van der Waals surface area contributed by atoms with E-state index in [1.165, 1.54) is 32.4 Å². The van der Waals surface area contributed by atoms with Crippen LogP contribution in [-0.2, 0) is 4.74 Å². The van der Waals surface area contributed by atoms with Gasteiger partial charge < -0.3 is 4.74 Å². The molecule has 0 N–H and O–H groups in total. The molecule has 3 saturated heterocycles. The topological polar surface area (TPSA) is 12.5 Å². The van der Waals surface area contributed by atoms with Gasteiger partial charge >= 0.3 is 0 Å². The maximum atomic E-state index is 5.30. The summed E-state index contributed by atoms with van der Waals surface area (Å²) in [7, 11) is 0. The third kappa shape index (κ3) is 0.798. The molecule has 2 heteroatoms. The molecule has 3 aliphatic rings. The first-order valence-electron chi connectivity index (χ1n) is 4.70. The molecular weight excluding hydrogens is 138 g/mol. The molecular formula is C9H15NO. The van der Waals surface area contributed by atoms with Crippen LogP contribution in [0.5, 0.6) is 0 Å². The van der Waals surface area contributed by atoms with Crippen molar-refractivity contribution in [3.8, 4) is 0 Å². The summed E-state index contributed by atoms with van der Waals surface area (Å²) < 4.78 is 5.30. The molecule has 3 fully saturated rings. The van der Waals surface area contributed by atoms with Crippen LogP contribution in [0.15, 0.2) is 0 Å². The van der Waals surface area contributed by atoms with Gasteiger partial charge in [-0.25, -0.2) is 0 Å². The molecule has 0 amide bonds. The highest BCUT2D eigenvalue weighted by molar-refractivity contribution is 5.01. The Morgan fingerprint density at radius 1 is 1.36 bits per heavy atom. The van der Waals surface area contributed by atoms with Gasteiger partial charge in [-0.05, 0) is 25.8 Å². The van der Waals surface area contributed by atoms with Crippen LogP contribution in [0.3, 0.4) is 0 Å². The van der Waals surface area contributed by atoms with E-state index in [1.54, 1.807) is 0 Å². The van der Waals surface area contributed by atoms with Crippen LogP contribution in [0.2, 0.25) is 0 Å². The number of ether oxygens (including phenoxy) is 1. The van der Waals surface area contributed by atoms with E-state index < -0.39 is 0 Å². The molecule has 11 heavy (non-hydrogen) atoms. The van der Waals surface area contributed by atoms with Gasteiger partial charge in [-0.2, -0.15) is 0 Å². The standard InChI is InChI=1S/C9H15NO/c1-2-8-4-9(6-11-7-9)5-10(8)3-1/h8H,1-7H2. The van der Waals surface area contributed by atoms with E-state index in [0.717, 1.165) is 19.3 Å². The second kappa shape index (κ2) is 1.99. The highest BCUT2D eigenvalue weighted by Gasteiger charge is 2.49. The minimum atomic E-state index is 0.616. The summed E-state index contributed by atoms with van der Waals surface area (Å²) in [5.41, 5.74) is 0.616. The lowest BCUT2D eigenvalue weighted by molar-refractivity contribution is -0.105. The van der Waals surface area contributed by atoms with E-state index in [1.807, 2.05) is 0 Å². The first-order valence-corrected chi connectivity index (χ1v) is 4.70. The van der Waals surface area contributed by atoms with Crippen LogP contribution in [-0.4, -0.2) is 37.2 Å². The molecule has 1 unspecified atom stereocenters. The fourth-order valence-electron chi connectivity index (χ4n) is 2.93. The number of rotatable bonds is 0. The Labute approximate surface area is 67.5 Å². The van der Waals surface area contributed by atoms with Crippen molar-refractivity contribution in [3.63, 3.8) is 0 Å². The average Bonchev–Trinajstić information content (AvgIpc) is 2.37. The van der Waals surface area contributed by atoms with Crippen LogP contribution < -0.4 is 0 Å². The molecule has 1 atom stereocenters. The zero-order valence-corrected chi connectivity index (χ0v) is 6.88. The van der Waals surface area contributed by atoms with E-state index in [4.69, 9.17) is 4.74 Å². The third-order valence-electron chi connectivity index (χ3n) is 3.52. The van der Waals surface area contributed by atoms with Crippen molar-refractivity contribution in [2.75, 3.05) is 26.3 Å². The average molecular weight is 153 g/mol. The lowest BCUT2D eigenvalue weighted by atomic mass is 9.83. The summed E-state index contributed by atoms with van der Waals surface area (Å²) in [5, 5.41) is 0. The van der Waals surface area contributed by atoms with Crippen molar-refractivity contribution in [2.45, 2.75) is 25.3 Å². The van der Waals surface area contributed by atoms with Gasteiger partial charge in [0.15, 0.2) is 0 Å². The highest BCUT2D eigenvalue weighted by Crippen LogP contribution is 2.44. The quantitative estimate of drug-likeness (QED) is 0.512. The molecule has 0 aromatic carbocycles. The molecule has 0 aromatic rings. The molecule has 3 heterocycles. The third-order valence-corrected chi connectivity index (χ3v) is 3.52. The van der Waals surface area contributed by atoms with E-state index in [2.05, 4.69) is 4.90 Å². The van der Waals surface area contributed by atoms with Gasteiger partial charge in [0, 0.05) is 18.0 Å². The first-order chi connectivity index (χ1) is 5.38. The van der Waals surface area contributed by atoms with Crippen molar-refractivity contribution in [3.05, 3.63) is 0 Å². The molecule has 62 valence electrons. The summed E-state index contributed by atoms with van der Waals surface area (Å²) in [6.45, 7) is 4.77. The van der Waals surface area contributed by atoms with E-state index in [9.17, 15) is 0 Å². The zero-order valence-electron chi connectivity index (χ0n) is 6.88. The second-order valence-corrected chi connectivity index (χ2v) is 4.46. The van der Waals surface area contributed by atoms with Crippen LogP contribution in [0.4, 0.5) is 0 Å². The predicted molar refractivity (Wildman–Crippen MR) is 42.5 cm³/mol. The Kier molecular flexibility index (Phi) is 1.16. The van der Waals surface area contributed by atoms with Crippen molar-refractivity contribution in [1.29, 1.82) is 0 Å². The molecule has 0 aromatic heterocycles. The van der Waals surface area contributed by atoms with Gasteiger partial charge in [-0.1, -0.05) is 0 Å². The first kappa shape index (κ1) is 6.44. The smallest absolute Gasteiger partial charge is 0.0557 e. The summed E-state index contributed by atoms with van der Waals surface area (Å²) in [6, 6.07) is 0.930. The number of hydrogen-bond acceptors (Lipinski definition) is 2. The van der Waals surface area contributed by atoms with Crippen LogP contribution in [0, 0.1) is 5.41 Å². The van der Waals surface area contributed by atoms with Crippen molar-refractivity contribution in [2.24, 2.45) is 5.41 Å². The maximum Gasteiger partial charge on any atom is 0.0557 e. The van der Waals surface area contributed by atoms with Gasteiger partial charge in [0.25, 0.3) is 0 Å². The molecule has 1 spiro atoms. The molecule has 0 radical (unpaired) electrons. The Hall–Kier alpha value is -0.0800. The number of fused-ring (bicyclic) bond motifs is 1. The van der Waals surface area contributed by atoms with Crippen molar-refractivity contribution in [1.82, 2.24) is 4.90 Å². The summed E-state index contributed by atoms with van der Waals surface area (Å²) in [6.07, 6.45) is 4.30. The molecule has 3 rings (SSSR count). The zero-order chi connectivity index (χ0) is 7.31. The normalized spacial score (nSPS) is 40.9. The van der Waals surface area contributed by atoms with E-state index in [-0.39, 0.29) is 0 Å². The molecule has 0 bridgehead atoms. The Morgan fingerprint density at radius 2 is 2.27 bits per heavy atom. The second-order valence-electron chi connectivity index (χ2n) is 4.46. The van der Waals surface area contributed by atoms with E-state index >= 15 is 0 Å². The van der Waals surface area contributed by atoms with Gasteiger partial charge in [-0.15, -0.1) is 0 Å².